The summed E-state index contributed by atoms with van der Waals surface area (Å²) in [6.45, 7) is 8.54. The summed E-state index contributed by atoms with van der Waals surface area (Å²) in [4.78, 5) is 2.67. The molecule has 0 aromatic heterocycles. The molecule has 2 unspecified atom stereocenters. The molecule has 1 rings (SSSR count). The lowest BCUT2D eigenvalue weighted by Crippen LogP contribution is -2.31. The molecular formula is C13H27NS. The second-order valence-electron chi connectivity index (χ2n) is 4.96. The summed E-state index contributed by atoms with van der Waals surface area (Å²) >= 11 is 4.43. The molecule has 2 heteroatoms. The van der Waals surface area contributed by atoms with Crippen LogP contribution in [-0.4, -0.2) is 30.3 Å². The lowest BCUT2D eigenvalue weighted by atomic mass is 9.98. The number of hydrogen-bond donors (Lipinski definition) is 1. The van der Waals surface area contributed by atoms with E-state index in [-0.39, 0.29) is 0 Å². The number of thiol groups is 1. The van der Waals surface area contributed by atoms with Gasteiger partial charge in [0.25, 0.3) is 0 Å². The third kappa shape index (κ3) is 4.78. The van der Waals surface area contributed by atoms with E-state index in [0.717, 1.165) is 17.6 Å². The van der Waals surface area contributed by atoms with E-state index >= 15 is 0 Å². The van der Waals surface area contributed by atoms with Crippen molar-refractivity contribution < 1.29 is 0 Å². The molecular weight excluding hydrogens is 202 g/mol. The predicted octanol–water partition coefficient (Wildman–Crippen LogP) is 3.45. The van der Waals surface area contributed by atoms with Gasteiger partial charge in [-0.2, -0.15) is 12.6 Å². The number of rotatable bonds is 5. The quantitative estimate of drug-likeness (QED) is 0.707. The maximum Gasteiger partial charge on any atom is 0.00174 e. The van der Waals surface area contributed by atoms with Crippen LogP contribution in [0.2, 0.25) is 0 Å². The summed E-state index contributed by atoms with van der Waals surface area (Å²) in [6.07, 6.45) is 6.92. The van der Waals surface area contributed by atoms with Crippen LogP contribution in [0, 0.1) is 11.8 Å². The molecule has 1 saturated heterocycles. The highest BCUT2D eigenvalue weighted by Crippen LogP contribution is 2.21. The van der Waals surface area contributed by atoms with Crippen molar-refractivity contribution >= 4 is 12.6 Å². The lowest BCUT2D eigenvalue weighted by Gasteiger charge is -2.24. The molecule has 0 aromatic carbocycles. The van der Waals surface area contributed by atoms with Gasteiger partial charge in [0, 0.05) is 6.54 Å². The Morgan fingerprint density at radius 1 is 1.27 bits per heavy atom. The summed E-state index contributed by atoms with van der Waals surface area (Å²) in [5, 5.41) is 0. The van der Waals surface area contributed by atoms with Gasteiger partial charge in [-0.3, -0.25) is 0 Å². The minimum atomic E-state index is 0.798. The Bertz CT molecular complexity index is 157. The molecule has 0 aliphatic carbocycles. The van der Waals surface area contributed by atoms with Crippen LogP contribution in [0.3, 0.4) is 0 Å². The average Bonchev–Trinajstić information content (AvgIpc) is 2.50. The molecule has 1 fully saturated rings. The van der Waals surface area contributed by atoms with E-state index in [9.17, 15) is 0 Å². The Kier molecular flexibility index (Phi) is 6.74. The normalized spacial score (nSPS) is 26.2. The Morgan fingerprint density at radius 2 is 2.07 bits per heavy atom. The fourth-order valence-corrected chi connectivity index (χ4v) is 2.87. The van der Waals surface area contributed by atoms with Crippen molar-refractivity contribution in [1.29, 1.82) is 0 Å². The summed E-state index contributed by atoms with van der Waals surface area (Å²) in [6, 6.07) is 0. The molecule has 1 aliphatic heterocycles. The van der Waals surface area contributed by atoms with E-state index in [1.54, 1.807) is 0 Å². The monoisotopic (exact) mass is 229 g/mol. The Hall–Kier alpha value is 0.310. The zero-order valence-corrected chi connectivity index (χ0v) is 11.3. The molecule has 15 heavy (non-hydrogen) atoms. The van der Waals surface area contributed by atoms with E-state index in [0.29, 0.717) is 0 Å². The molecule has 0 radical (unpaired) electrons. The fourth-order valence-electron chi connectivity index (χ4n) is 2.50. The number of likely N-dealkylation sites (tertiary alicyclic amines) is 1. The van der Waals surface area contributed by atoms with Gasteiger partial charge < -0.3 is 4.90 Å². The van der Waals surface area contributed by atoms with Crippen molar-refractivity contribution in [3.63, 3.8) is 0 Å². The standard InChI is InChI=1S/C13H27NS/c1-3-12-6-5-8-14(9-7-12)10-13(4-2)11-15/h12-13,15H,3-11H2,1-2H3. The third-order valence-electron chi connectivity index (χ3n) is 3.87. The molecule has 1 aliphatic rings. The predicted molar refractivity (Wildman–Crippen MR) is 71.7 cm³/mol. The van der Waals surface area contributed by atoms with Gasteiger partial charge in [-0.15, -0.1) is 0 Å². The molecule has 0 N–H and O–H groups in total. The van der Waals surface area contributed by atoms with E-state index in [4.69, 9.17) is 0 Å². The third-order valence-corrected chi connectivity index (χ3v) is 4.39. The minimum Gasteiger partial charge on any atom is -0.303 e. The number of hydrogen-bond acceptors (Lipinski definition) is 2. The van der Waals surface area contributed by atoms with Crippen molar-refractivity contribution in [1.82, 2.24) is 4.90 Å². The van der Waals surface area contributed by atoms with Crippen molar-refractivity contribution in [3.8, 4) is 0 Å². The largest absolute Gasteiger partial charge is 0.303 e. The van der Waals surface area contributed by atoms with Crippen LogP contribution in [0.5, 0.6) is 0 Å². The first-order valence-electron chi connectivity index (χ1n) is 6.63. The first kappa shape index (κ1) is 13.4. The lowest BCUT2D eigenvalue weighted by molar-refractivity contribution is 0.242. The number of nitrogens with zero attached hydrogens (tertiary/aromatic N) is 1. The van der Waals surface area contributed by atoms with Crippen LogP contribution >= 0.6 is 12.6 Å². The van der Waals surface area contributed by atoms with Crippen molar-refractivity contribution in [2.75, 3.05) is 25.4 Å². The Balaban J connectivity index is 2.30. The minimum absolute atomic E-state index is 0.798. The van der Waals surface area contributed by atoms with E-state index in [1.807, 2.05) is 0 Å². The van der Waals surface area contributed by atoms with Crippen molar-refractivity contribution in [3.05, 3.63) is 0 Å². The zero-order valence-electron chi connectivity index (χ0n) is 10.4. The molecule has 90 valence electrons. The summed E-state index contributed by atoms with van der Waals surface area (Å²) < 4.78 is 0. The first-order valence-corrected chi connectivity index (χ1v) is 7.26. The molecule has 0 saturated carbocycles. The Labute approximate surface area is 101 Å². The maximum atomic E-state index is 4.43. The highest BCUT2D eigenvalue weighted by atomic mass is 32.1. The van der Waals surface area contributed by atoms with E-state index in [1.165, 1.54) is 51.7 Å². The highest BCUT2D eigenvalue weighted by Gasteiger charge is 2.17. The van der Waals surface area contributed by atoms with Gasteiger partial charge in [-0.05, 0) is 49.9 Å². The van der Waals surface area contributed by atoms with Crippen molar-refractivity contribution in [2.45, 2.75) is 46.0 Å². The maximum absolute atomic E-state index is 4.43. The van der Waals surface area contributed by atoms with Crippen LogP contribution in [0.25, 0.3) is 0 Å². The van der Waals surface area contributed by atoms with E-state index in [2.05, 4.69) is 31.4 Å². The SMILES string of the molecule is CCC1CCCN(CC(CC)CS)CC1. The highest BCUT2D eigenvalue weighted by molar-refractivity contribution is 7.80. The Morgan fingerprint density at radius 3 is 2.67 bits per heavy atom. The van der Waals surface area contributed by atoms with Crippen LogP contribution in [0.4, 0.5) is 0 Å². The molecule has 1 nitrogen and oxygen atoms in total. The molecule has 2 atom stereocenters. The van der Waals surface area contributed by atoms with Crippen LogP contribution in [0.15, 0.2) is 0 Å². The summed E-state index contributed by atoms with van der Waals surface area (Å²) in [5.74, 6) is 2.84. The van der Waals surface area contributed by atoms with E-state index < -0.39 is 0 Å². The second kappa shape index (κ2) is 7.56. The van der Waals surface area contributed by atoms with Gasteiger partial charge in [0.1, 0.15) is 0 Å². The average molecular weight is 229 g/mol. The van der Waals surface area contributed by atoms with Gasteiger partial charge >= 0.3 is 0 Å². The fraction of sp³-hybridized carbons (Fsp3) is 1.00. The second-order valence-corrected chi connectivity index (χ2v) is 5.33. The topological polar surface area (TPSA) is 3.24 Å². The first-order chi connectivity index (χ1) is 7.30. The van der Waals surface area contributed by atoms with Crippen LogP contribution < -0.4 is 0 Å². The summed E-state index contributed by atoms with van der Waals surface area (Å²) in [5.41, 5.74) is 0. The van der Waals surface area contributed by atoms with Gasteiger partial charge in [-0.1, -0.05) is 26.7 Å². The van der Waals surface area contributed by atoms with Gasteiger partial charge in [0.15, 0.2) is 0 Å². The molecule has 0 aromatic rings. The molecule has 0 bridgehead atoms. The molecule has 0 amide bonds. The molecule has 1 heterocycles. The zero-order chi connectivity index (χ0) is 11.1. The van der Waals surface area contributed by atoms with Crippen LogP contribution in [0.1, 0.15) is 46.0 Å². The van der Waals surface area contributed by atoms with Gasteiger partial charge in [0.2, 0.25) is 0 Å². The summed E-state index contributed by atoms with van der Waals surface area (Å²) in [7, 11) is 0. The smallest absolute Gasteiger partial charge is 0.00174 e. The van der Waals surface area contributed by atoms with Gasteiger partial charge in [0.05, 0.1) is 0 Å². The van der Waals surface area contributed by atoms with Crippen LogP contribution in [-0.2, 0) is 0 Å². The molecule has 0 spiro atoms. The van der Waals surface area contributed by atoms with Gasteiger partial charge in [-0.25, -0.2) is 0 Å². The van der Waals surface area contributed by atoms with Crippen molar-refractivity contribution in [2.24, 2.45) is 11.8 Å².